The Morgan fingerprint density at radius 2 is 1.88 bits per heavy atom. The number of carbonyl (C=O) groups is 2. The fourth-order valence-corrected chi connectivity index (χ4v) is 4.53. The number of dihydropyridines is 1. The first-order valence-electron chi connectivity index (χ1n) is 11.4. The molecule has 1 aliphatic heterocycles. The van der Waals surface area contributed by atoms with Crippen molar-refractivity contribution in [3.05, 3.63) is 76.6 Å². The number of benzene rings is 2. The fraction of sp³-hybridized carbons (Fsp3) is 0.333. The topological polar surface area (TPSA) is 76.7 Å². The molecular formula is C27H30N2O4. The van der Waals surface area contributed by atoms with Gasteiger partial charge in [-0.1, -0.05) is 31.2 Å². The second kappa shape index (κ2) is 9.94. The molecule has 6 heteroatoms. The third-order valence-corrected chi connectivity index (χ3v) is 6.06. The number of anilines is 1. The largest absolute Gasteiger partial charge is 0.495 e. The van der Waals surface area contributed by atoms with Crippen LogP contribution >= 0.6 is 0 Å². The van der Waals surface area contributed by atoms with Gasteiger partial charge < -0.3 is 20.1 Å². The molecule has 1 amide bonds. The summed E-state index contributed by atoms with van der Waals surface area (Å²) in [4.78, 5) is 26.7. The summed E-state index contributed by atoms with van der Waals surface area (Å²) in [5.74, 6) is 0.750. The highest BCUT2D eigenvalue weighted by Gasteiger charge is 2.38. The van der Waals surface area contributed by atoms with Gasteiger partial charge in [0.15, 0.2) is 5.78 Å². The average Bonchev–Trinajstić information content (AvgIpc) is 2.82. The van der Waals surface area contributed by atoms with E-state index in [1.807, 2.05) is 43.3 Å². The normalized spacial score (nSPS) is 17.9. The first-order valence-corrected chi connectivity index (χ1v) is 11.4. The van der Waals surface area contributed by atoms with Crippen LogP contribution in [-0.2, 0) is 9.59 Å². The maximum absolute atomic E-state index is 13.6. The van der Waals surface area contributed by atoms with Gasteiger partial charge in [-0.25, -0.2) is 0 Å². The first-order chi connectivity index (χ1) is 16.0. The van der Waals surface area contributed by atoms with Crippen LogP contribution in [0.3, 0.4) is 0 Å². The number of ether oxygens (including phenoxy) is 2. The van der Waals surface area contributed by atoms with E-state index in [1.54, 1.807) is 19.2 Å². The number of amides is 1. The minimum Gasteiger partial charge on any atom is -0.495 e. The Labute approximate surface area is 194 Å². The summed E-state index contributed by atoms with van der Waals surface area (Å²) >= 11 is 0. The lowest BCUT2D eigenvalue weighted by Gasteiger charge is -2.34. The molecule has 2 N–H and O–H groups in total. The molecule has 0 aromatic heterocycles. The van der Waals surface area contributed by atoms with Gasteiger partial charge in [-0.3, -0.25) is 9.59 Å². The standard InChI is InChI=1S/C27H30N2O4/c1-4-16-33-19-14-12-18(13-15-19)25-24(17(2)28-21-9-7-10-22(30)26(21)25)27(31)29-20-8-5-6-11-23(20)32-3/h5-6,8,11-15,25,28H,4,7,9-10,16H2,1-3H3,(H,29,31)/t25-/m0/s1. The van der Waals surface area contributed by atoms with Gasteiger partial charge in [0.25, 0.3) is 5.91 Å². The second-order valence-corrected chi connectivity index (χ2v) is 8.34. The van der Waals surface area contributed by atoms with Crippen LogP contribution in [0.2, 0.25) is 0 Å². The smallest absolute Gasteiger partial charge is 0.254 e. The first kappa shape index (κ1) is 22.6. The number of ketones is 1. The van der Waals surface area contributed by atoms with Crippen molar-refractivity contribution < 1.29 is 19.1 Å². The molecule has 2 aromatic carbocycles. The molecular weight excluding hydrogens is 416 g/mol. The van der Waals surface area contributed by atoms with E-state index in [2.05, 4.69) is 17.6 Å². The number of rotatable bonds is 7. The minimum atomic E-state index is -0.441. The highest BCUT2D eigenvalue weighted by molar-refractivity contribution is 6.10. The van der Waals surface area contributed by atoms with Gasteiger partial charge in [0.1, 0.15) is 11.5 Å². The molecule has 0 bridgehead atoms. The summed E-state index contributed by atoms with van der Waals surface area (Å²) in [6, 6.07) is 15.0. The number of methoxy groups -OCH3 is 1. The molecule has 6 nitrogen and oxygen atoms in total. The van der Waals surface area contributed by atoms with E-state index in [-0.39, 0.29) is 11.7 Å². The van der Waals surface area contributed by atoms with Crippen molar-refractivity contribution >= 4 is 17.4 Å². The molecule has 0 spiro atoms. The monoisotopic (exact) mass is 446 g/mol. The van der Waals surface area contributed by atoms with E-state index in [9.17, 15) is 9.59 Å². The third-order valence-electron chi connectivity index (χ3n) is 6.06. The Balaban J connectivity index is 1.74. The molecule has 33 heavy (non-hydrogen) atoms. The van der Waals surface area contributed by atoms with Gasteiger partial charge in [-0.15, -0.1) is 0 Å². The third kappa shape index (κ3) is 4.65. The number of para-hydroxylation sites is 2. The van der Waals surface area contributed by atoms with E-state index in [0.717, 1.165) is 42.0 Å². The van der Waals surface area contributed by atoms with Crippen LogP contribution < -0.4 is 20.1 Å². The molecule has 2 aliphatic rings. The molecule has 172 valence electrons. The summed E-state index contributed by atoms with van der Waals surface area (Å²) in [6.45, 7) is 4.60. The lowest BCUT2D eigenvalue weighted by atomic mass is 9.75. The quantitative estimate of drug-likeness (QED) is 0.620. The van der Waals surface area contributed by atoms with Gasteiger partial charge in [-0.2, -0.15) is 0 Å². The molecule has 0 unspecified atom stereocenters. The summed E-state index contributed by atoms with van der Waals surface area (Å²) in [6.07, 6.45) is 3.04. The molecule has 0 fully saturated rings. The van der Waals surface area contributed by atoms with E-state index in [4.69, 9.17) is 9.47 Å². The number of allylic oxidation sites excluding steroid dienone is 3. The van der Waals surface area contributed by atoms with Gasteiger partial charge >= 0.3 is 0 Å². The maximum Gasteiger partial charge on any atom is 0.254 e. The van der Waals surface area contributed by atoms with Crippen molar-refractivity contribution in [3.63, 3.8) is 0 Å². The molecule has 1 aliphatic carbocycles. The molecule has 1 heterocycles. The van der Waals surface area contributed by atoms with E-state index in [0.29, 0.717) is 35.6 Å². The summed E-state index contributed by atoms with van der Waals surface area (Å²) in [5.41, 5.74) is 4.40. The van der Waals surface area contributed by atoms with Crippen LogP contribution in [0.1, 0.15) is 51.0 Å². The molecule has 0 saturated heterocycles. The predicted molar refractivity (Wildman–Crippen MR) is 128 cm³/mol. The molecule has 2 aromatic rings. The van der Waals surface area contributed by atoms with Gasteiger partial charge in [0.05, 0.1) is 19.4 Å². The number of nitrogens with one attached hydrogen (secondary N) is 2. The molecule has 4 rings (SSSR count). The Morgan fingerprint density at radius 3 is 2.61 bits per heavy atom. The number of hydrogen-bond donors (Lipinski definition) is 2. The van der Waals surface area contributed by atoms with E-state index >= 15 is 0 Å². The van der Waals surface area contributed by atoms with Crippen molar-refractivity contribution in [1.82, 2.24) is 5.32 Å². The number of carbonyl (C=O) groups excluding carboxylic acids is 2. The van der Waals surface area contributed by atoms with Gasteiger partial charge in [0, 0.05) is 34.9 Å². The zero-order valence-electron chi connectivity index (χ0n) is 19.4. The van der Waals surface area contributed by atoms with E-state index < -0.39 is 5.92 Å². The Bertz CT molecular complexity index is 1120. The minimum absolute atomic E-state index is 0.0927. The highest BCUT2D eigenvalue weighted by Crippen LogP contribution is 2.43. The van der Waals surface area contributed by atoms with Gasteiger partial charge in [0.2, 0.25) is 0 Å². The van der Waals surface area contributed by atoms with E-state index in [1.165, 1.54) is 0 Å². The Kier molecular flexibility index (Phi) is 6.82. The van der Waals surface area contributed by atoms with Crippen molar-refractivity contribution in [2.24, 2.45) is 0 Å². The molecule has 0 saturated carbocycles. The van der Waals surface area contributed by atoms with Crippen LogP contribution in [0.15, 0.2) is 71.1 Å². The second-order valence-electron chi connectivity index (χ2n) is 8.34. The Morgan fingerprint density at radius 1 is 1.12 bits per heavy atom. The molecule has 1 atom stereocenters. The Hall–Kier alpha value is -3.54. The van der Waals surface area contributed by atoms with Crippen molar-refractivity contribution in [2.45, 2.75) is 45.4 Å². The summed E-state index contributed by atoms with van der Waals surface area (Å²) in [7, 11) is 1.57. The highest BCUT2D eigenvalue weighted by atomic mass is 16.5. The number of Topliss-reactive ketones (excluding diaryl/α,β-unsaturated/α-hetero) is 1. The van der Waals surface area contributed by atoms with Crippen molar-refractivity contribution in [2.75, 3.05) is 19.0 Å². The zero-order chi connectivity index (χ0) is 23.4. The van der Waals surface area contributed by atoms with Crippen LogP contribution in [-0.4, -0.2) is 25.4 Å². The lowest BCUT2D eigenvalue weighted by Crippen LogP contribution is -2.35. The van der Waals surface area contributed by atoms with Crippen LogP contribution in [0, 0.1) is 0 Å². The fourth-order valence-electron chi connectivity index (χ4n) is 4.53. The van der Waals surface area contributed by atoms with Crippen molar-refractivity contribution in [3.8, 4) is 11.5 Å². The predicted octanol–water partition coefficient (Wildman–Crippen LogP) is 5.09. The number of hydrogen-bond acceptors (Lipinski definition) is 5. The average molecular weight is 447 g/mol. The summed E-state index contributed by atoms with van der Waals surface area (Å²) < 4.78 is 11.1. The maximum atomic E-state index is 13.6. The van der Waals surface area contributed by atoms with Gasteiger partial charge in [-0.05, 0) is 56.0 Å². The lowest BCUT2D eigenvalue weighted by molar-refractivity contribution is -0.116. The zero-order valence-corrected chi connectivity index (χ0v) is 19.4. The van der Waals surface area contributed by atoms with Crippen LogP contribution in [0.25, 0.3) is 0 Å². The summed E-state index contributed by atoms with van der Waals surface area (Å²) in [5, 5.41) is 6.35. The van der Waals surface area contributed by atoms with Crippen LogP contribution in [0.4, 0.5) is 5.69 Å². The van der Waals surface area contributed by atoms with Crippen molar-refractivity contribution in [1.29, 1.82) is 0 Å². The molecule has 0 radical (unpaired) electrons. The SMILES string of the molecule is CCCOc1ccc([C@H]2C(C(=O)Nc3ccccc3OC)=C(C)NC3=C2C(=O)CCC3)cc1. The van der Waals surface area contributed by atoms with Crippen LogP contribution in [0.5, 0.6) is 11.5 Å².